The van der Waals surface area contributed by atoms with E-state index >= 15 is 0 Å². The van der Waals surface area contributed by atoms with E-state index in [1.54, 1.807) is 6.20 Å². The van der Waals surface area contributed by atoms with Crippen molar-refractivity contribution in [2.24, 2.45) is 11.5 Å². The van der Waals surface area contributed by atoms with Gasteiger partial charge >= 0.3 is 0 Å². The number of rotatable bonds is 6. The molecule has 2 saturated heterocycles. The van der Waals surface area contributed by atoms with Gasteiger partial charge in [-0.1, -0.05) is 25.0 Å². The first-order chi connectivity index (χ1) is 16.6. The minimum absolute atomic E-state index is 0.125. The van der Waals surface area contributed by atoms with Crippen LogP contribution in [0.3, 0.4) is 0 Å². The summed E-state index contributed by atoms with van der Waals surface area (Å²) in [5, 5.41) is 3.28. The van der Waals surface area contributed by atoms with Gasteiger partial charge in [0.15, 0.2) is 11.5 Å². The molecule has 3 heterocycles. The molecule has 2 aliphatic heterocycles. The maximum atomic E-state index is 12.0. The Morgan fingerprint density at radius 2 is 1.71 bits per heavy atom. The molecule has 0 bridgehead atoms. The monoisotopic (exact) mass is 463 g/mol. The van der Waals surface area contributed by atoms with Crippen molar-refractivity contribution in [3.05, 3.63) is 41.7 Å². The number of carbonyl (C=O) groups is 1. The lowest BCUT2D eigenvalue weighted by Gasteiger charge is -2.36. The molecule has 1 aromatic carbocycles. The Labute approximate surface area is 202 Å². The number of hydrogen-bond donors (Lipinski definition) is 3. The van der Waals surface area contributed by atoms with Crippen LogP contribution in [0.15, 0.2) is 30.5 Å². The number of hydrogen-bond acceptors (Lipinski definition) is 7. The first kappa shape index (κ1) is 23.1. The molecule has 1 aliphatic carbocycles. The Morgan fingerprint density at radius 3 is 2.38 bits per heavy atom. The minimum Gasteiger partial charge on any atom is -0.364 e. The number of likely N-dealkylation sites (tertiary alicyclic amines) is 1. The molecule has 1 atom stereocenters. The molecule has 1 unspecified atom stereocenters. The Morgan fingerprint density at radius 1 is 0.971 bits per heavy atom. The van der Waals surface area contributed by atoms with Gasteiger partial charge in [0.2, 0.25) is 0 Å². The highest BCUT2D eigenvalue weighted by Crippen LogP contribution is 2.33. The van der Waals surface area contributed by atoms with Crippen molar-refractivity contribution < 1.29 is 4.79 Å². The van der Waals surface area contributed by atoms with Gasteiger partial charge in [0.1, 0.15) is 5.82 Å². The lowest BCUT2D eigenvalue weighted by molar-refractivity contribution is 0.0996. The molecule has 3 fully saturated rings. The zero-order chi connectivity index (χ0) is 23.5. The van der Waals surface area contributed by atoms with Gasteiger partial charge in [-0.25, -0.2) is 9.97 Å². The van der Waals surface area contributed by atoms with Gasteiger partial charge in [0.05, 0.1) is 6.20 Å². The van der Waals surface area contributed by atoms with Gasteiger partial charge in [-0.15, -0.1) is 0 Å². The summed E-state index contributed by atoms with van der Waals surface area (Å²) in [6, 6.07) is 9.47. The highest BCUT2D eigenvalue weighted by molar-refractivity contribution is 5.96. The number of anilines is 3. The quantitative estimate of drug-likeness (QED) is 0.602. The van der Waals surface area contributed by atoms with Crippen molar-refractivity contribution in [1.29, 1.82) is 0 Å². The second kappa shape index (κ2) is 10.3. The number of piperidine rings is 2. The van der Waals surface area contributed by atoms with Crippen LogP contribution in [-0.4, -0.2) is 59.0 Å². The van der Waals surface area contributed by atoms with E-state index in [0.29, 0.717) is 17.6 Å². The summed E-state index contributed by atoms with van der Waals surface area (Å²) in [5.41, 5.74) is 14.1. The topological polar surface area (TPSA) is 113 Å². The number of nitrogens with one attached hydrogen (secondary N) is 1. The molecule has 182 valence electrons. The summed E-state index contributed by atoms with van der Waals surface area (Å²) < 4.78 is 0. The Bertz CT molecular complexity index is 981. The van der Waals surface area contributed by atoms with Crippen LogP contribution in [0.1, 0.15) is 73.3 Å². The van der Waals surface area contributed by atoms with Crippen molar-refractivity contribution in [2.75, 3.05) is 36.4 Å². The minimum atomic E-state index is -0.595. The summed E-state index contributed by atoms with van der Waals surface area (Å²) in [6.45, 7) is 4.03. The van der Waals surface area contributed by atoms with Crippen LogP contribution in [0, 0.1) is 0 Å². The van der Waals surface area contributed by atoms with Crippen molar-refractivity contribution in [3.63, 3.8) is 0 Å². The standard InChI is InChI=1S/C26H37N7O/c27-20-4-3-13-33(17-20)23-16-29-24(25(28)34)26(31-23)30-21-9-7-18(8-10-21)19-11-14-32(15-12-19)22-5-1-2-6-22/h7-10,16,19-20,22H,1-6,11-15,17,27H2,(H2,28,34)(H,30,31). The third-order valence-electron chi connectivity index (χ3n) is 7.79. The molecule has 8 heteroatoms. The molecule has 8 nitrogen and oxygen atoms in total. The van der Waals surface area contributed by atoms with E-state index in [1.807, 2.05) is 0 Å². The number of carbonyl (C=O) groups excluding carboxylic acids is 1. The molecular weight excluding hydrogens is 426 g/mol. The van der Waals surface area contributed by atoms with Gasteiger partial charge in [0, 0.05) is 30.9 Å². The molecule has 0 spiro atoms. The van der Waals surface area contributed by atoms with Gasteiger partial charge < -0.3 is 26.6 Å². The molecule has 5 N–H and O–H groups in total. The predicted molar refractivity (Wildman–Crippen MR) is 136 cm³/mol. The van der Waals surface area contributed by atoms with Gasteiger partial charge in [-0.05, 0) is 75.2 Å². The van der Waals surface area contributed by atoms with Crippen molar-refractivity contribution >= 4 is 23.2 Å². The van der Waals surface area contributed by atoms with E-state index in [-0.39, 0.29) is 11.7 Å². The molecule has 1 saturated carbocycles. The zero-order valence-electron chi connectivity index (χ0n) is 20.0. The average Bonchev–Trinajstić information content (AvgIpc) is 3.40. The second-order valence-corrected chi connectivity index (χ2v) is 10.1. The largest absolute Gasteiger partial charge is 0.364 e. The van der Waals surface area contributed by atoms with Crippen LogP contribution in [0.25, 0.3) is 0 Å². The third kappa shape index (κ3) is 5.18. The van der Waals surface area contributed by atoms with Crippen LogP contribution < -0.4 is 21.7 Å². The van der Waals surface area contributed by atoms with Crippen molar-refractivity contribution in [3.8, 4) is 0 Å². The first-order valence-electron chi connectivity index (χ1n) is 12.9. The number of amides is 1. The summed E-state index contributed by atoms with van der Waals surface area (Å²) in [6.07, 6.45) is 11.7. The average molecular weight is 464 g/mol. The Balaban J connectivity index is 1.26. The van der Waals surface area contributed by atoms with Crippen LogP contribution >= 0.6 is 0 Å². The van der Waals surface area contributed by atoms with Crippen LogP contribution in [-0.2, 0) is 0 Å². The highest BCUT2D eigenvalue weighted by atomic mass is 16.1. The molecule has 2 aromatic rings. The predicted octanol–water partition coefficient (Wildman–Crippen LogP) is 3.37. The molecule has 34 heavy (non-hydrogen) atoms. The lowest BCUT2D eigenvalue weighted by atomic mass is 9.88. The normalized spacial score (nSPS) is 22.7. The van der Waals surface area contributed by atoms with E-state index in [4.69, 9.17) is 16.5 Å². The number of nitrogens with two attached hydrogens (primary N) is 2. The maximum Gasteiger partial charge on any atom is 0.271 e. The third-order valence-corrected chi connectivity index (χ3v) is 7.79. The van der Waals surface area contributed by atoms with Crippen molar-refractivity contribution in [1.82, 2.24) is 14.9 Å². The van der Waals surface area contributed by atoms with E-state index in [2.05, 4.69) is 44.4 Å². The smallest absolute Gasteiger partial charge is 0.271 e. The number of primary amides is 1. The fourth-order valence-corrected chi connectivity index (χ4v) is 5.86. The fraction of sp³-hybridized carbons (Fsp3) is 0.577. The van der Waals surface area contributed by atoms with E-state index in [1.165, 1.54) is 57.2 Å². The van der Waals surface area contributed by atoms with Crippen molar-refractivity contribution in [2.45, 2.75) is 69.4 Å². The number of nitrogens with zero attached hydrogens (tertiary/aromatic N) is 4. The molecule has 1 amide bonds. The van der Waals surface area contributed by atoms with E-state index in [0.717, 1.165) is 37.7 Å². The fourth-order valence-electron chi connectivity index (χ4n) is 5.86. The summed E-state index contributed by atoms with van der Waals surface area (Å²) in [7, 11) is 0. The van der Waals surface area contributed by atoms with Gasteiger partial charge in [0.25, 0.3) is 5.91 Å². The highest BCUT2D eigenvalue weighted by Gasteiger charge is 2.27. The second-order valence-electron chi connectivity index (χ2n) is 10.1. The molecule has 3 aliphatic rings. The zero-order valence-corrected chi connectivity index (χ0v) is 20.0. The van der Waals surface area contributed by atoms with Crippen LogP contribution in [0.4, 0.5) is 17.3 Å². The summed E-state index contributed by atoms with van der Waals surface area (Å²) in [4.78, 5) is 25.8. The molecular formula is C26H37N7O. The molecule has 0 radical (unpaired) electrons. The Kier molecular flexibility index (Phi) is 6.97. The number of benzene rings is 1. The number of aromatic nitrogens is 2. The summed E-state index contributed by atoms with van der Waals surface area (Å²) in [5.74, 6) is 1.12. The van der Waals surface area contributed by atoms with E-state index in [9.17, 15) is 4.79 Å². The molecule has 5 rings (SSSR count). The SMILES string of the molecule is NC(=O)c1ncc(N2CCCC(N)C2)nc1Nc1ccc(C2CCN(C3CCCC3)CC2)cc1. The lowest BCUT2D eigenvalue weighted by Crippen LogP contribution is -2.43. The summed E-state index contributed by atoms with van der Waals surface area (Å²) >= 11 is 0. The van der Waals surface area contributed by atoms with Crippen LogP contribution in [0.5, 0.6) is 0 Å². The van der Waals surface area contributed by atoms with E-state index < -0.39 is 5.91 Å². The first-order valence-corrected chi connectivity index (χ1v) is 12.9. The maximum absolute atomic E-state index is 12.0. The van der Waals surface area contributed by atoms with Gasteiger partial charge in [-0.2, -0.15) is 0 Å². The van der Waals surface area contributed by atoms with Crippen LogP contribution in [0.2, 0.25) is 0 Å². The van der Waals surface area contributed by atoms with Gasteiger partial charge in [-0.3, -0.25) is 4.79 Å². The Hall–Kier alpha value is -2.71. The molecule has 1 aromatic heterocycles.